The zero-order valence-corrected chi connectivity index (χ0v) is 68.2. The minimum absolute atomic E-state index is 0.107. The molecule has 0 aliphatic carbocycles. The van der Waals surface area contributed by atoms with Gasteiger partial charge in [-0.05, 0) is 43.4 Å². The molecule has 0 aromatic rings. The highest BCUT2D eigenvalue weighted by Gasteiger charge is 2.30. The number of esters is 4. The van der Waals surface area contributed by atoms with Crippen molar-refractivity contribution in [2.45, 2.75) is 446 Å². The van der Waals surface area contributed by atoms with E-state index in [9.17, 15) is 43.2 Å². The Labute approximate surface area is 619 Å². The molecule has 6 atom stereocenters. The van der Waals surface area contributed by atoms with Gasteiger partial charge in [0, 0.05) is 25.7 Å². The predicted molar refractivity (Wildman–Crippen MR) is 414 cm³/mol. The molecule has 3 N–H and O–H groups in total. The topological polar surface area (TPSA) is 237 Å². The molecule has 0 bridgehead atoms. The highest BCUT2D eigenvalue weighted by molar-refractivity contribution is 7.47. The van der Waals surface area contributed by atoms with E-state index in [1.165, 1.54) is 231 Å². The van der Waals surface area contributed by atoms with Crippen molar-refractivity contribution in [3.8, 4) is 0 Å². The number of carbonyl (C=O) groups is 4. The maximum atomic E-state index is 13.1. The number of hydrogen-bond donors (Lipinski definition) is 3. The Morgan fingerprint density at radius 1 is 0.287 bits per heavy atom. The first-order chi connectivity index (χ1) is 48.8. The lowest BCUT2D eigenvalue weighted by molar-refractivity contribution is -0.161. The van der Waals surface area contributed by atoms with Crippen LogP contribution in [-0.4, -0.2) is 96.7 Å². The SMILES string of the molecule is CCCCCCCCCCCCCCCC(=O)O[C@H](COC(=O)CCCCCCCCC(C)CC)COP(=O)(O)OC[C@H](O)COP(=O)(O)OC[C@@H](COC(=O)CCCCCCCCCCCCCCCCC(C)C)OC(=O)CCCCCCCCCCCCCCCCCCCCC(C)C. The molecule has 0 aromatic carbocycles. The highest BCUT2D eigenvalue weighted by atomic mass is 31.2. The van der Waals surface area contributed by atoms with Gasteiger partial charge in [-0.2, -0.15) is 0 Å². The molecule has 0 aliphatic heterocycles. The van der Waals surface area contributed by atoms with E-state index in [1.807, 2.05) is 0 Å². The Morgan fingerprint density at radius 2 is 0.505 bits per heavy atom. The monoisotopic (exact) mass is 1480 g/mol. The van der Waals surface area contributed by atoms with Gasteiger partial charge in [0.25, 0.3) is 0 Å². The highest BCUT2D eigenvalue weighted by Crippen LogP contribution is 2.45. The second kappa shape index (κ2) is 72.3. The van der Waals surface area contributed by atoms with Gasteiger partial charge in [0.1, 0.15) is 19.3 Å². The van der Waals surface area contributed by atoms with Gasteiger partial charge in [-0.3, -0.25) is 37.3 Å². The summed E-state index contributed by atoms with van der Waals surface area (Å²) in [4.78, 5) is 73.0. The van der Waals surface area contributed by atoms with Gasteiger partial charge in [0.05, 0.1) is 26.4 Å². The van der Waals surface area contributed by atoms with Crippen LogP contribution in [0.15, 0.2) is 0 Å². The summed E-state index contributed by atoms with van der Waals surface area (Å²) in [6.45, 7) is 12.0. The smallest absolute Gasteiger partial charge is 0.462 e. The largest absolute Gasteiger partial charge is 0.472 e. The average molecular weight is 1480 g/mol. The Bertz CT molecular complexity index is 1960. The molecule has 600 valence electrons. The number of carbonyl (C=O) groups excluding carboxylic acids is 4. The number of phosphoric ester groups is 2. The van der Waals surface area contributed by atoms with Gasteiger partial charge in [-0.15, -0.1) is 0 Å². The molecule has 0 rings (SSSR count). The average Bonchev–Trinajstić information content (AvgIpc) is 0.916. The normalized spacial score (nSPS) is 14.2. The number of hydrogen-bond acceptors (Lipinski definition) is 15. The summed E-state index contributed by atoms with van der Waals surface area (Å²) in [5, 5.41) is 10.6. The lowest BCUT2D eigenvalue weighted by atomic mass is 10.00. The van der Waals surface area contributed by atoms with Crippen LogP contribution >= 0.6 is 15.6 Å². The summed E-state index contributed by atoms with van der Waals surface area (Å²) < 4.78 is 68.7. The second-order valence-corrected chi connectivity index (χ2v) is 33.6. The standard InChI is InChI=1S/C82H160O17P2/c1-8-10-11-12-13-14-15-24-32-37-42-51-58-65-82(87)99-78(70-93-80(85)64-57-50-45-44-48-55-62-75(7)9-2)72-97-101(90,91)95-68-76(83)67-94-100(88,89)96-71-77(69-92-79(84)63-56-49-41-36-31-27-23-22-26-30-35-40-47-54-61-74(5)6)98-81(86)66-59-52-43-38-33-28-21-19-17-16-18-20-25-29-34-39-46-53-60-73(3)4/h73-78,83H,8-72H2,1-7H3,(H,88,89)(H,90,91)/t75?,76-,77-,78-/m1/s1. The predicted octanol–water partition coefficient (Wildman–Crippen LogP) is 24.5. The first kappa shape index (κ1) is 99.1. The van der Waals surface area contributed by atoms with Gasteiger partial charge in [0.15, 0.2) is 12.2 Å². The molecular weight excluding hydrogens is 1320 g/mol. The summed E-state index contributed by atoms with van der Waals surface area (Å²) in [5.41, 5.74) is 0. The van der Waals surface area contributed by atoms with E-state index >= 15 is 0 Å². The molecule has 0 spiro atoms. The van der Waals surface area contributed by atoms with E-state index in [1.54, 1.807) is 0 Å². The molecule has 0 heterocycles. The van der Waals surface area contributed by atoms with Crippen molar-refractivity contribution in [2.24, 2.45) is 17.8 Å². The molecule has 0 saturated heterocycles. The molecule has 0 aromatic heterocycles. The minimum atomic E-state index is -4.96. The van der Waals surface area contributed by atoms with Crippen LogP contribution in [0.5, 0.6) is 0 Å². The van der Waals surface area contributed by atoms with Crippen molar-refractivity contribution < 1.29 is 80.2 Å². The fraction of sp³-hybridized carbons (Fsp3) is 0.951. The van der Waals surface area contributed by atoms with Crippen LogP contribution < -0.4 is 0 Å². The molecule has 0 radical (unpaired) electrons. The number of unbranched alkanes of at least 4 members (excludes halogenated alkanes) is 47. The third-order valence-corrected chi connectivity index (χ3v) is 21.4. The fourth-order valence-electron chi connectivity index (χ4n) is 12.6. The molecule has 101 heavy (non-hydrogen) atoms. The molecule has 0 aliphatic rings. The van der Waals surface area contributed by atoms with Crippen LogP contribution in [-0.2, 0) is 65.4 Å². The van der Waals surface area contributed by atoms with Crippen LogP contribution in [0.1, 0.15) is 427 Å². The Kier molecular flexibility index (Phi) is 70.9. The quantitative estimate of drug-likeness (QED) is 0.0222. The maximum Gasteiger partial charge on any atom is 0.472 e. The van der Waals surface area contributed by atoms with Gasteiger partial charge in [-0.1, -0.05) is 376 Å². The zero-order chi connectivity index (χ0) is 74.4. The molecule has 3 unspecified atom stereocenters. The van der Waals surface area contributed by atoms with Crippen molar-refractivity contribution in [3.05, 3.63) is 0 Å². The van der Waals surface area contributed by atoms with Gasteiger partial charge < -0.3 is 33.8 Å². The minimum Gasteiger partial charge on any atom is -0.462 e. The molecule has 17 nitrogen and oxygen atoms in total. The lowest BCUT2D eigenvalue weighted by Crippen LogP contribution is -2.30. The Balaban J connectivity index is 5.23. The van der Waals surface area contributed by atoms with E-state index in [0.717, 1.165) is 114 Å². The molecular formula is C82H160O17P2. The van der Waals surface area contributed by atoms with E-state index in [4.69, 9.17) is 37.0 Å². The number of phosphoric acid groups is 2. The Hall–Kier alpha value is -1.94. The summed E-state index contributed by atoms with van der Waals surface area (Å²) in [6.07, 6.45) is 61.1. The van der Waals surface area contributed by atoms with Crippen molar-refractivity contribution >= 4 is 39.5 Å². The summed E-state index contributed by atoms with van der Waals surface area (Å²) in [5.74, 6) is 0.241. The molecule has 0 fully saturated rings. The number of aliphatic hydroxyl groups is 1. The lowest BCUT2D eigenvalue weighted by Gasteiger charge is -2.21. The Morgan fingerprint density at radius 3 is 0.752 bits per heavy atom. The molecule has 0 amide bonds. The summed E-state index contributed by atoms with van der Waals surface area (Å²) in [7, 11) is -9.92. The van der Waals surface area contributed by atoms with Crippen LogP contribution in [0, 0.1) is 17.8 Å². The maximum absolute atomic E-state index is 13.1. The van der Waals surface area contributed by atoms with Gasteiger partial charge in [-0.25, -0.2) is 9.13 Å². The third-order valence-electron chi connectivity index (χ3n) is 19.5. The van der Waals surface area contributed by atoms with Gasteiger partial charge >= 0.3 is 39.5 Å². The first-order valence-electron chi connectivity index (χ1n) is 42.4. The molecule has 19 heteroatoms. The zero-order valence-electron chi connectivity index (χ0n) is 66.4. The number of ether oxygens (including phenoxy) is 4. The van der Waals surface area contributed by atoms with Crippen molar-refractivity contribution in [3.63, 3.8) is 0 Å². The van der Waals surface area contributed by atoms with Crippen LogP contribution in [0.2, 0.25) is 0 Å². The van der Waals surface area contributed by atoms with E-state index in [2.05, 4.69) is 48.5 Å². The molecule has 0 saturated carbocycles. The van der Waals surface area contributed by atoms with E-state index in [-0.39, 0.29) is 25.7 Å². The van der Waals surface area contributed by atoms with E-state index in [0.29, 0.717) is 25.7 Å². The second-order valence-electron chi connectivity index (χ2n) is 30.7. The summed E-state index contributed by atoms with van der Waals surface area (Å²) in [6, 6.07) is 0. The first-order valence-corrected chi connectivity index (χ1v) is 45.4. The number of rotatable bonds is 80. The van der Waals surface area contributed by atoms with E-state index < -0.39 is 97.5 Å². The fourth-order valence-corrected chi connectivity index (χ4v) is 14.2. The van der Waals surface area contributed by atoms with Crippen molar-refractivity contribution in [1.82, 2.24) is 0 Å². The summed E-state index contributed by atoms with van der Waals surface area (Å²) >= 11 is 0. The van der Waals surface area contributed by atoms with Crippen LogP contribution in [0.4, 0.5) is 0 Å². The van der Waals surface area contributed by atoms with Crippen LogP contribution in [0.25, 0.3) is 0 Å². The number of aliphatic hydroxyl groups excluding tert-OH is 1. The van der Waals surface area contributed by atoms with Gasteiger partial charge in [0.2, 0.25) is 0 Å². The van der Waals surface area contributed by atoms with Crippen molar-refractivity contribution in [1.29, 1.82) is 0 Å². The third kappa shape index (κ3) is 74.7. The van der Waals surface area contributed by atoms with Crippen LogP contribution in [0.3, 0.4) is 0 Å². The van der Waals surface area contributed by atoms with Crippen molar-refractivity contribution in [2.75, 3.05) is 39.6 Å².